The van der Waals surface area contributed by atoms with Gasteiger partial charge in [-0.25, -0.2) is 4.98 Å². The molecule has 1 fully saturated rings. The molecule has 1 aliphatic rings. The van der Waals surface area contributed by atoms with Crippen LogP contribution in [0.25, 0.3) is 22.2 Å². The Balaban J connectivity index is 1.70. The number of pyridine rings is 1. The summed E-state index contributed by atoms with van der Waals surface area (Å²) >= 11 is 1.67. The van der Waals surface area contributed by atoms with E-state index in [0.717, 1.165) is 16.0 Å². The third-order valence-electron chi connectivity index (χ3n) is 5.19. The number of aromatic nitrogens is 3. The van der Waals surface area contributed by atoms with Crippen molar-refractivity contribution in [1.29, 1.82) is 0 Å². The number of anilines is 1. The number of amides is 1. The van der Waals surface area contributed by atoms with Crippen LogP contribution in [0.4, 0.5) is 5.95 Å². The molecule has 0 aliphatic carbocycles. The Morgan fingerprint density at radius 1 is 1.21 bits per heavy atom. The minimum absolute atomic E-state index is 0.114. The SMILES string of the molecule is CSc1ccc(-c2ccnc3nc(N4CCC(C(N)=O)CC4)[nH]c(=O)c23)cc1. The number of carbonyl (C=O) groups is 1. The van der Waals surface area contributed by atoms with Crippen molar-refractivity contribution in [1.82, 2.24) is 15.0 Å². The van der Waals surface area contributed by atoms with Gasteiger partial charge in [-0.2, -0.15) is 4.98 Å². The lowest BCUT2D eigenvalue weighted by Crippen LogP contribution is -2.40. The second kappa shape index (κ2) is 7.63. The van der Waals surface area contributed by atoms with E-state index in [9.17, 15) is 9.59 Å². The molecule has 3 heterocycles. The highest BCUT2D eigenvalue weighted by atomic mass is 32.2. The van der Waals surface area contributed by atoms with Crippen molar-refractivity contribution in [3.8, 4) is 11.1 Å². The fourth-order valence-electron chi connectivity index (χ4n) is 3.59. The number of primary amides is 1. The first kappa shape index (κ1) is 18.5. The van der Waals surface area contributed by atoms with Gasteiger partial charge >= 0.3 is 0 Å². The number of hydrogen-bond acceptors (Lipinski definition) is 6. The zero-order valence-electron chi connectivity index (χ0n) is 15.5. The predicted molar refractivity (Wildman–Crippen MR) is 112 cm³/mol. The van der Waals surface area contributed by atoms with Crippen LogP contribution in [0.5, 0.6) is 0 Å². The summed E-state index contributed by atoms with van der Waals surface area (Å²) in [7, 11) is 0. The van der Waals surface area contributed by atoms with E-state index in [0.29, 0.717) is 42.9 Å². The lowest BCUT2D eigenvalue weighted by Gasteiger charge is -2.30. The maximum atomic E-state index is 12.9. The lowest BCUT2D eigenvalue weighted by atomic mass is 9.96. The van der Waals surface area contributed by atoms with Crippen LogP contribution >= 0.6 is 11.8 Å². The number of H-pyrrole nitrogens is 1. The zero-order chi connectivity index (χ0) is 19.7. The maximum absolute atomic E-state index is 12.9. The molecule has 7 nitrogen and oxygen atoms in total. The van der Waals surface area contributed by atoms with E-state index in [2.05, 4.69) is 15.0 Å². The molecule has 3 aromatic rings. The number of benzene rings is 1. The summed E-state index contributed by atoms with van der Waals surface area (Å²) < 4.78 is 0. The molecular weight excluding hydrogens is 374 g/mol. The van der Waals surface area contributed by atoms with Crippen LogP contribution in [0.2, 0.25) is 0 Å². The molecule has 0 unspecified atom stereocenters. The number of nitrogens with one attached hydrogen (secondary N) is 1. The van der Waals surface area contributed by atoms with Crippen LogP contribution < -0.4 is 16.2 Å². The van der Waals surface area contributed by atoms with Gasteiger partial charge in [0.2, 0.25) is 11.9 Å². The second-order valence-corrected chi connectivity index (χ2v) is 7.72. The number of hydrogen-bond donors (Lipinski definition) is 2. The Labute approximate surface area is 166 Å². The highest BCUT2D eigenvalue weighted by molar-refractivity contribution is 7.98. The van der Waals surface area contributed by atoms with Gasteiger partial charge in [-0.1, -0.05) is 12.1 Å². The Morgan fingerprint density at radius 3 is 2.57 bits per heavy atom. The van der Waals surface area contributed by atoms with Gasteiger partial charge in [-0.05, 0) is 48.4 Å². The number of aromatic amines is 1. The fourth-order valence-corrected chi connectivity index (χ4v) is 4.00. The zero-order valence-corrected chi connectivity index (χ0v) is 16.3. The average molecular weight is 395 g/mol. The normalized spacial score (nSPS) is 15.1. The summed E-state index contributed by atoms with van der Waals surface area (Å²) in [6.45, 7) is 1.25. The van der Waals surface area contributed by atoms with Gasteiger partial charge in [-0.15, -0.1) is 11.8 Å². The first-order chi connectivity index (χ1) is 13.6. The van der Waals surface area contributed by atoms with E-state index in [1.807, 2.05) is 41.5 Å². The van der Waals surface area contributed by atoms with Crippen LogP contribution in [-0.2, 0) is 4.79 Å². The highest BCUT2D eigenvalue weighted by Crippen LogP contribution is 2.27. The van der Waals surface area contributed by atoms with E-state index in [-0.39, 0.29) is 17.4 Å². The largest absolute Gasteiger partial charge is 0.369 e. The van der Waals surface area contributed by atoms with E-state index in [1.54, 1.807) is 18.0 Å². The van der Waals surface area contributed by atoms with Gasteiger partial charge in [0.05, 0.1) is 5.39 Å². The van der Waals surface area contributed by atoms with Crippen LogP contribution in [0.3, 0.4) is 0 Å². The monoisotopic (exact) mass is 395 g/mol. The van der Waals surface area contributed by atoms with Crippen LogP contribution in [0.1, 0.15) is 12.8 Å². The van der Waals surface area contributed by atoms with Crippen LogP contribution in [0, 0.1) is 5.92 Å². The van der Waals surface area contributed by atoms with Crippen molar-refractivity contribution in [2.75, 3.05) is 24.2 Å². The first-order valence-electron chi connectivity index (χ1n) is 9.14. The lowest BCUT2D eigenvalue weighted by molar-refractivity contribution is -0.122. The van der Waals surface area contributed by atoms with Gasteiger partial charge in [0.1, 0.15) is 0 Å². The van der Waals surface area contributed by atoms with Gasteiger partial charge in [0, 0.05) is 30.1 Å². The number of nitrogens with two attached hydrogens (primary N) is 1. The van der Waals surface area contributed by atoms with E-state index in [1.165, 1.54) is 0 Å². The predicted octanol–water partition coefficient (Wildman–Crippen LogP) is 2.41. The minimum Gasteiger partial charge on any atom is -0.369 e. The first-order valence-corrected chi connectivity index (χ1v) is 10.4. The summed E-state index contributed by atoms with van der Waals surface area (Å²) in [6, 6.07) is 9.91. The number of rotatable bonds is 4. The molecule has 1 aromatic carbocycles. The molecule has 28 heavy (non-hydrogen) atoms. The third kappa shape index (κ3) is 3.47. The Kier molecular flexibility index (Phi) is 5.04. The Morgan fingerprint density at radius 2 is 1.93 bits per heavy atom. The minimum atomic E-state index is -0.265. The highest BCUT2D eigenvalue weighted by Gasteiger charge is 2.25. The molecule has 1 saturated heterocycles. The van der Waals surface area contributed by atoms with Gasteiger partial charge in [0.25, 0.3) is 5.56 Å². The van der Waals surface area contributed by atoms with Crippen molar-refractivity contribution >= 4 is 34.7 Å². The standard InChI is InChI=1S/C20H21N5O2S/c1-28-14-4-2-12(3-5-14)15-6-9-22-18-16(15)19(27)24-20(23-18)25-10-7-13(8-11-25)17(21)26/h2-6,9,13H,7-8,10-11H2,1H3,(H2,21,26)(H,22,23,24,27). The van der Waals surface area contributed by atoms with Crippen molar-refractivity contribution in [3.63, 3.8) is 0 Å². The average Bonchev–Trinajstić information content (AvgIpc) is 2.73. The van der Waals surface area contributed by atoms with Gasteiger partial charge in [0.15, 0.2) is 5.65 Å². The van der Waals surface area contributed by atoms with Gasteiger partial charge in [-0.3, -0.25) is 14.6 Å². The summed E-state index contributed by atoms with van der Waals surface area (Å²) in [4.78, 5) is 39.2. The molecule has 0 spiro atoms. The van der Waals surface area contributed by atoms with Crippen molar-refractivity contribution in [2.45, 2.75) is 17.7 Å². The topological polar surface area (TPSA) is 105 Å². The van der Waals surface area contributed by atoms with Crippen LogP contribution in [0.15, 0.2) is 46.2 Å². The molecule has 0 radical (unpaired) electrons. The molecule has 3 N–H and O–H groups in total. The summed E-state index contributed by atoms with van der Waals surface area (Å²) in [5.41, 5.74) is 7.36. The van der Waals surface area contributed by atoms with Crippen LogP contribution in [-0.4, -0.2) is 40.2 Å². The number of thioether (sulfide) groups is 1. The summed E-state index contributed by atoms with van der Waals surface area (Å²) in [5, 5.41) is 0.482. The summed E-state index contributed by atoms with van der Waals surface area (Å²) in [5.74, 6) is 0.110. The Hall–Kier alpha value is -2.87. The van der Waals surface area contributed by atoms with E-state index < -0.39 is 0 Å². The molecule has 2 aromatic heterocycles. The Bertz CT molecular complexity index is 1070. The van der Waals surface area contributed by atoms with Crippen molar-refractivity contribution in [3.05, 3.63) is 46.9 Å². The maximum Gasteiger partial charge on any atom is 0.262 e. The molecule has 1 amide bonds. The van der Waals surface area contributed by atoms with Crippen molar-refractivity contribution < 1.29 is 4.79 Å². The van der Waals surface area contributed by atoms with E-state index >= 15 is 0 Å². The fraction of sp³-hybridized carbons (Fsp3) is 0.300. The van der Waals surface area contributed by atoms with E-state index in [4.69, 9.17) is 5.73 Å². The molecule has 144 valence electrons. The second-order valence-electron chi connectivity index (χ2n) is 6.84. The quantitative estimate of drug-likeness (QED) is 0.657. The number of carbonyl (C=O) groups excluding carboxylic acids is 1. The molecule has 0 atom stereocenters. The smallest absolute Gasteiger partial charge is 0.262 e. The number of nitrogens with zero attached hydrogens (tertiary/aromatic N) is 3. The third-order valence-corrected chi connectivity index (χ3v) is 5.94. The van der Waals surface area contributed by atoms with Crippen molar-refractivity contribution in [2.24, 2.45) is 11.7 Å². The molecule has 1 aliphatic heterocycles. The molecule has 0 saturated carbocycles. The molecule has 8 heteroatoms. The number of piperidine rings is 1. The molecule has 4 rings (SSSR count). The summed E-state index contributed by atoms with van der Waals surface area (Å²) in [6.07, 6.45) is 5.02. The molecule has 0 bridgehead atoms. The molecular formula is C20H21N5O2S. The van der Waals surface area contributed by atoms with Gasteiger partial charge < -0.3 is 10.6 Å². The number of fused-ring (bicyclic) bond motifs is 1.